The second kappa shape index (κ2) is 4.63. The number of aromatic nitrogens is 2. The molecule has 5 nitrogen and oxygen atoms in total. The van der Waals surface area contributed by atoms with Crippen molar-refractivity contribution in [1.82, 2.24) is 9.78 Å². The molecule has 0 spiro atoms. The lowest BCUT2D eigenvalue weighted by Crippen LogP contribution is -2.13. The van der Waals surface area contributed by atoms with E-state index in [0.29, 0.717) is 27.1 Å². The summed E-state index contributed by atoms with van der Waals surface area (Å²) in [4.78, 5) is 0. The lowest BCUT2D eigenvalue weighted by Gasteiger charge is -2.08. The molecule has 2 aromatic rings. The Morgan fingerprint density at radius 1 is 1.41 bits per heavy atom. The van der Waals surface area contributed by atoms with Crippen LogP contribution in [-0.2, 0) is 0 Å². The van der Waals surface area contributed by atoms with Crippen LogP contribution < -0.4 is 11.3 Å². The minimum Gasteiger partial charge on any atom is -0.307 e. The average molecular weight is 268 g/mol. The lowest BCUT2D eigenvalue weighted by atomic mass is 10.3. The van der Waals surface area contributed by atoms with Crippen LogP contribution in [0.4, 0.5) is 5.82 Å². The average Bonchev–Trinajstić information content (AvgIpc) is 2.71. The zero-order valence-electron chi connectivity index (χ0n) is 8.48. The van der Waals surface area contributed by atoms with E-state index in [1.807, 2.05) is 6.07 Å². The van der Waals surface area contributed by atoms with Gasteiger partial charge in [-0.05, 0) is 18.2 Å². The van der Waals surface area contributed by atoms with Crippen LogP contribution in [-0.4, -0.2) is 9.78 Å². The van der Waals surface area contributed by atoms with Crippen LogP contribution in [0.1, 0.15) is 5.56 Å². The maximum absolute atomic E-state index is 8.87. The molecule has 1 aromatic carbocycles. The normalized spacial score (nSPS) is 10.0. The first-order valence-electron chi connectivity index (χ1n) is 4.57. The Morgan fingerprint density at radius 2 is 2.18 bits per heavy atom. The minimum absolute atomic E-state index is 0.332. The molecule has 2 rings (SSSR count). The van der Waals surface area contributed by atoms with Gasteiger partial charge in [0.2, 0.25) is 0 Å². The molecule has 0 atom stereocenters. The standard InChI is InChI=1S/C10H7Cl2N5/c11-7-1-2-9(8(12)3-7)17-10(16-14)6(4-13)5-15-17/h1-3,5,16H,14H2. The van der Waals surface area contributed by atoms with E-state index in [4.69, 9.17) is 34.3 Å². The monoisotopic (exact) mass is 267 g/mol. The predicted molar refractivity (Wildman–Crippen MR) is 66.1 cm³/mol. The molecule has 1 aromatic heterocycles. The first-order valence-corrected chi connectivity index (χ1v) is 5.33. The second-order valence-electron chi connectivity index (χ2n) is 3.17. The Kier molecular flexibility index (Phi) is 3.20. The van der Waals surface area contributed by atoms with Crippen LogP contribution in [0.2, 0.25) is 10.0 Å². The number of hydrazine groups is 1. The van der Waals surface area contributed by atoms with E-state index in [1.54, 1.807) is 18.2 Å². The molecule has 0 aliphatic carbocycles. The summed E-state index contributed by atoms with van der Waals surface area (Å²) >= 11 is 11.9. The highest BCUT2D eigenvalue weighted by atomic mass is 35.5. The van der Waals surface area contributed by atoms with Gasteiger partial charge in [-0.1, -0.05) is 23.2 Å². The zero-order chi connectivity index (χ0) is 12.4. The van der Waals surface area contributed by atoms with Gasteiger partial charge >= 0.3 is 0 Å². The van der Waals surface area contributed by atoms with Crippen molar-refractivity contribution in [3.8, 4) is 11.8 Å². The Bertz CT molecular complexity index is 599. The van der Waals surface area contributed by atoms with Crippen molar-refractivity contribution in [2.75, 3.05) is 5.43 Å². The first-order chi connectivity index (χ1) is 8.17. The molecule has 0 saturated heterocycles. The van der Waals surface area contributed by atoms with Crippen molar-refractivity contribution in [3.63, 3.8) is 0 Å². The maximum Gasteiger partial charge on any atom is 0.161 e. The Morgan fingerprint density at radius 3 is 2.76 bits per heavy atom. The highest BCUT2D eigenvalue weighted by molar-refractivity contribution is 6.35. The van der Waals surface area contributed by atoms with Gasteiger partial charge in [-0.25, -0.2) is 10.5 Å². The number of nitrogen functional groups attached to an aromatic ring is 1. The van der Waals surface area contributed by atoms with E-state index in [2.05, 4.69) is 10.5 Å². The summed E-state index contributed by atoms with van der Waals surface area (Å²) in [6.45, 7) is 0. The van der Waals surface area contributed by atoms with Gasteiger partial charge in [-0.15, -0.1) is 0 Å². The Labute approximate surface area is 107 Å². The van der Waals surface area contributed by atoms with Crippen LogP contribution in [0.5, 0.6) is 0 Å². The number of nitrogens with two attached hydrogens (primary N) is 1. The molecule has 86 valence electrons. The SMILES string of the molecule is N#Cc1cnn(-c2ccc(Cl)cc2Cl)c1NN. The molecule has 0 radical (unpaired) electrons. The lowest BCUT2D eigenvalue weighted by molar-refractivity contribution is 0.881. The summed E-state index contributed by atoms with van der Waals surface area (Å²) in [6, 6.07) is 6.93. The number of rotatable bonds is 2. The van der Waals surface area contributed by atoms with Gasteiger partial charge < -0.3 is 5.43 Å². The third-order valence-electron chi connectivity index (χ3n) is 2.16. The molecule has 17 heavy (non-hydrogen) atoms. The van der Waals surface area contributed by atoms with Crippen molar-refractivity contribution in [1.29, 1.82) is 5.26 Å². The summed E-state index contributed by atoms with van der Waals surface area (Å²) in [5.74, 6) is 5.73. The van der Waals surface area contributed by atoms with Crippen molar-refractivity contribution < 1.29 is 0 Å². The van der Waals surface area contributed by atoms with E-state index in [1.165, 1.54) is 10.9 Å². The molecule has 0 unspecified atom stereocenters. The van der Waals surface area contributed by atoms with Crippen LogP contribution in [0.3, 0.4) is 0 Å². The molecule has 0 saturated carbocycles. The molecule has 0 fully saturated rings. The second-order valence-corrected chi connectivity index (χ2v) is 4.01. The maximum atomic E-state index is 8.87. The summed E-state index contributed by atoms with van der Waals surface area (Å²) in [6.07, 6.45) is 1.40. The molecule has 0 amide bonds. The van der Waals surface area contributed by atoms with E-state index < -0.39 is 0 Å². The number of benzene rings is 1. The van der Waals surface area contributed by atoms with Crippen molar-refractivity contribution in [3.05, 3.63) is 40.0 Å². The van der Waals surface area contributed by atoms with Gasteiger partial charge in [0, 0.05) is 5.02 Å². The van der Waals surface area contributed by atoms with Gasteiger partial charge in [0.1, 0.15) is 11.6 Å². The summed E-state index contributed by atoms with van der Waals surface area (Å²) < 4.78 is 1.44. The largest absolute Gasteiger partial charge is 0.307 e. The molecule has 0 aliphatic heterocycles. The van der Waals surface area contributed by atoms with Gasteiger partial charge in [0.05, 0.1) is 16.9 Å². The van der Waals surface area contributed by atoms with Crippen molar-refractivity contribution >= 4 is 29.0 Å². The van der Waals surface area contributed by atoms with Crippen LogP contribution >= 0.6 is 23.2 Å². The van der Waals surface area contributed by atoms with Crippen molar-refractivity contribution in [2.45, 2.75) is 0 Å². The number of nitrogens with zero attached hydrogens (tertiary/aromatic N) is 3. The van der Waals surface area contributed by atoms with Crippen LogP contribution in [0.15, 0.2) is 24.4 Å². The first kappa shape index (κ1) is 11.7. The fraction of sp³-hybridized carbons (Fsp3) is 0. The molecule has 0 aliphatic rings. The number of hydrogen-bond acceptors (Lipinski definition) is 4. The molecular formula is C10H7Cl2N5. The smallest absolute Gasteiger partial charge is 0.161 e. The number of halogens is 2. The van der Waals surface area contributed by atoms with Gasteiger partial charge in [0.15, 0.2) is 5.82 Å². The van der Waals surface area contributed by atoms with Gasteiger partial charge in [0.25, 0.3) is 0 Å². The number of nitriles is 1. The zero-order valence-corrected chi connectivity index (χ0v) is 10.00. The molecule has 0 bridgehead atoms. The Hall–Kier alpha value is -1.74. The van der Waals surface area contributed by atoms with Crippen LogP contribution in [0.25, 0.3) is 5.69 Å². The minimum atomic E-state index is 0.332. The molecule has 1 heterocycles. The number of hydrogen-bond donors (Lipinski definition) is 2. The van der Waals surface area contributed by atoms with Gasteiger partial charge in [-0.2, -0.15) is 10.4 Å². The summed E-state index contributed by atoms with van der Waals surface area (Å²) in [5.41, 5.74) is 3.34. The molecular weight excluding hydrogens is 261 g/mol. The fourth-order valence-corrected chi connectivity index (χ4v) is 1.89. The molecule has 3 N–H and O–H groups in total. The molecule has 7 heteroatoms. The quantitative estimate of drug-likeness (QED) is 0.647. The third-order valence-corrected chi connectivity index (χ3v) is 2.70. The van der Waals surface area contributed by atoms with E-state index in [9.17, 15) is 0 Å². The summed E-state index contributed by atoms with van der Waals surface area (Å²) in [7, 11) is 0. The van der Waals surface area contributed by atoms with E-state index in [0.717, 1.165) is 0 Å². The fourth-order valence-electron chi connectivity index (χ4n) is 1.40. The highest BCUT2D eigenvalue weighted by Crippen LogP contribution is 2.27. The number of nitrogens with one attached hydrogen (secondary N) is 1. The third kappa shape index (κ3) is 2.06. The van der Waals surface area contributed by atoms with Crippen LogP contribution in [0, 0.1) is 11.3 Å². The van der Waals surface area contributed by atoms with E-state index in [-0.39, 0.29) is 0 Å². The number of anilines is 1. The highest BCUT2D eigenvalue weighted by Gasteiger charge is 2.13. The van der Waals surface area contributed by atoms with Crippen molar-refractivity contribution in [2.24, 2.45) is 5.84 Å². The predicted octanol–water partition coefficient (Wildman–Crippen LogP) is 2.34. The Balaban J connectivity index is 2.61. The summed E-state index contributed by atoms with van der Waals surface area (Å²) in [5, 5.41) is 13.9. The van der Waals surface area contributed by atoms with Gasteiger partial charge in [-0.3, -0.25) is 0 Å². The van der Waals surface area contributed by atoms with E-state index >= 15 is 0 Å². The topological polar surface area (TPSA) is 79.7 Å².